The van der Waals surface area contributed by atoms with Crippen LogP contribution in [0.5, 0.6) is 0 Å². The molecule has 1 aromatic carbocycles. The minimum atomic E-state index is -0.275. The first-order chi connectivity index (χ1) is 9.12. The average molecular weight is 260 g/mol. The van der Waals surface area contributed by atoms with E-state index in [9.17, 15) is 5.11 Å². The second-order valence-corrected chi connectivity index (χ2v) is 6.03. The van der Waals surface area contributed by atoms with Gasteiger partial charge in [0.1, 0.15) is 0 Å². The zero-order valence-corrected chi connectivity index (χ0v) is 12.9. The highest BCUT2D eigenvalue weighted by atomic mass is 16.3. The molecule has 106 valence electrons. The van der Waals surface area contributed by atoms with Crippen LogP contribution in [0, 0.1) is 11.8 Å². The first-order valence-corrected chi connectivity index (χ1v) is 7.94. The lowest BCUT2D eigenvalue weighted by Crippen LogP contribution is -2.16. The summed E-state index contributed by atoms with van der Waals surface area (Å²) < 4.78 is 0. The first-order valence-electron chi connectivity index (χ1n) is 7.94. The van der Waals surface area contributed by atoms with Gasteiger partial charge in [0.15, 0.2) is 0 Å². The van der Waals surface area contributed by atoms with Gasteiger partial charge in [0.2, 0.25) is 0 Å². The highest BCUT2D eigenvalue weighted by Crippen LogP contribution is 2.44. The Morgan fingerprint density at radius 3 is 1.95 bits per heavy atom. The Labute approximate surface area is 118 Å². The maximum Gasteiger partial charge on any atom is 0.0823 e. The molecule has 1 saturated carbocycles. The summed E-state index contributed by atoms with van der Waals surface area (Å²) >= 11 is 0. The summed E-state index contributed by atoms with van der Waals surface area (Å²) in [7, 11) is 0. The predicted octanol–water partition coefficient (Wildman–Crippen LogP) is 4.45. The Hall–Kier alpha value is -0.820. The standard InChI is InChI=1S/C18H28O/c1-5-13-10-14(6-2)17(15(7-3)11-13)18(19)12(4)16-8-9-16/h10-12,16,18-19H,5-9H2,1-4H3. The van der Waals surface area contributed by atoms with E-state index in [2.05, 4.69) is 39.8 Å². The maximum atomic E-state index is 10.8. The van der Waals surface area contributed by atoms with E-state index in [-0.39, 0.29) is 6.10 Å². The fourth-order valence-corrected chi connectivity index (χ4v) is 3.16. The molecule has 2 rings (SSSR count). The van der Waals surface area contributed by atoms with Crippen molar-refractivity contribution in [1.82, 2.24) is 0 Å². The summed E-state index contributed by atoms with van der Waals surface area (Å²) in [6.45, 7) is 8.82. The minimum Gasteiger partial charge on any atom is -0.388 e. The van der Waals surface area contributed by atoms with E-state index in [1.165, 1.54) is 35.1 Å². The van der Waals surface area contributed by atoms with Crippen molar-refractivity contribution in [2.75, 3.05) is 0 Å². The van der Waals surface area contributed by atoms with E-state index in [1.807, 2.05) is 0 Å². The molecule has 1 heteroatoms. The van der Waals surface area contributed by atoms with Gasteiger partial charge in [0.05, 0.1) is 6.10 Å². The van der Waals surface area contributed by atoms with Crippen LogP contribution in [0.15, 0.2) is 12.1 Å². The summed E-state index contributed by atoms with van der Waals surface area (Å²) in [6.07, 6.45) is 5.44. The Bertz CT molecular complexity index is 406. The van der Waals surface area contributed by atoms with Gasteiger partial charge >= 0.3 is 0 Å². The van der Waals surface area contributed by atoms with Crippen LogP contribution >= 0.6 is 0 Å². The van der Waals surface area contributed by atoms with Crippen molar-refractivity contribution in [1.29, 1.82) is 0 Å². The lowest BCUT2D eigenvalue weighted by Gasteiger charge is -2.25. The number of aliphatic hydroxyl groups is 1. The summed E-state index contributed by atoms with van der Waals surface area (Å²) in [6, 6.07) is 4.61. The SMILES string of the molecule is CCc1cc(CC)c(C(O)C(C)C2CC2)c(CC)c1. The lowest BCUT2D eigenvalue weighted by molar-refractivity contribution is 0.104. The zero-order chi connectivity index (χ0) is 14.0. The fourth-order valence-electron chi connectivity index (χ4n) is 3.16. The fraction of sp³-hybridized carbons (Fsp3) is 0.667. The Kier molecular flexibility index (Phi) is 4.67. The van der Waals surface area contributed by atoms with Crippen molar-refractivity contribution in [2.24, 2.45) is 11.8 Å². The highest BCUT2D eigenvalue weighted by molar-refractivity contribution is 5.41. The van der Waals surface area contributed by atoms with Crippen LogP contribution in [0.2, 0.25) is 0 Å². The normalized spacial score (nSPS) is 18.4. The predicted molar refractivity (Wildman–Crippen MR) is 81.4 cm³/mol. The molecule has 0 aliphatic heterocycles. The number of benzene rings is 1. The molecule has 0 spiro atoms. The van der Waals surface area contributed by atoms with Gasteiger partial charge in [0, 0.05) is 0 Å². The van der Waals surface area contributed by atoms with Gasteiger partial charge < -0.3 is 5.11 Å². The van der Waals surface area contributed by atoms with Crippen LogP contribution in [0.4, 0.5) is 0 Å². The molecule has 19 heavy (non-hydrogen) atoms. The lowest BCUT2D eigenvalue weighted by atomic mass is 9.84. The van der Waals surface area contributed by atoms with Crippen molar-refractivity contribution in [3.63, 3.8) is 0 Å². The van der Waals surface area contributed by atoms with E-state index in [1.54, 1.807) is 0 Å². The van der Waals surface area contributed by atoms with Crippen LogP contribution < -0.4 is 0 Å². The van der Waals surface area contributed by atoms with Gasteiger partial charge in [-0.25, -0.2) is 0 Å². The Balaban J connectivity index is 2.40. The number of hydrogen-bond acceptors (Lipinski definition) is 1. The van der Waals surface area contributed by atoms with Crippen LogP contribution in [-0.4, -0.2) is 5.11 Å². The van der Waals surface area contributed by atoms with Crippen molar-refractivity contribution in [2.45, 2.75) is 65.9 Å². The molecular weight excluding hydrogens is 232 g/mol. The van der Waals surface area contributed by atoms with Crippen LogP contribution in [0.1, 0.15) is 68.9 Å². The van der Waals surface area contributed by atoms with E-state index < -0.39 is 0 Å². The molecule has 1 aliphatic carbocycles. The third kappa shape index (κ3) is 3.02. The van der Waals surface area contributed by atoms with Crippen LogP contribution in [0.25, 0.3) is 0 Å². The van der Waals surface area contributed by atoms with Crippen molar-refractivity contribution >= 4 is 0 Å². The third-order valence-corrected chi connectivity index (χ3v) is 4.74. The second-order valence-electron chi connectivity index (χ2n) is 6.03. The Morgan fingerprint density at radius 1 is 1.05 bits per heavy atom. The molecule has 2 unspecified atom stereocenters. The third-order valence-electron chi connectivity index (χ3n) is 4.74. The van der Waals surface area contributed by atoms with Crippen molar-refractivity contribution in [3.8, 4) is 0 Å². The zero-order valence-electron chi connectivity index (χ0n) is 12.9. The molecule has 0 saturated heterocycles. The van der Waals surface area contributed by atoms with Crippen molar-refractivity contribution in [3.05, 3.63) is 34.4 Å². The van der Waals surface area contributed by atoms with Gasteiger partial charge in [0.25, 0.3) is 0 Å². The van der Waals surface area contributed by atoms with Gasteiger partial charge in [-0.05, 0) is 66.2 Å². The molecule has 0 aromatic heterocycles. The van der Waals surface area contributed by atoms with E-state index in [0.717, 1.165) is 25.2 Å². The Morgan fingerprint density at radius 2 is 1.58 bits per heavy atom. The molecule has 0 heterocycles. The van der Waals surface area contributed by atoms with E-state index in [4.69, 9.17) is 0 Å². The highest BCUT2D eigenvalue weighted by Gasteiger charge is 2.34. The molecule has 0 radical (unpaired) electrons. The summed E-state index contributed by atoms with van der Waals surface area (Å²) in [5.74, 6) is 1.15. The monoisotopic (exact) mass is 260 g/mol. The van der Waals surface area contributed by atoms with Gasteiger partial charge in [-0.3, -0.25) is 0 Å². The summed E-state index contributed by atoms with van der Waals surface area (Å²) in [4.78, 5) is 0. The molecule has 1 nitrogen and oxygen atoms in total. The smallest absolute Gasteiger partial charge is 0.0823 e. The first kappa shape index (κ1) is 14.6. The largest absolute Gasteiger partial charge is 0.388 e. The van der Waals surface area contributed by atoms with Gasteiger partial charge in [-0.1, -0.05) is 39.8 Å². The van der Waals surface area contributed by atoms with E-state index >= 15 is 0 Å². The minimum absolute atomic E-state index is 0.275. The second kappa shape index (κ2) is 6.09. The van der Waals surface area contributed by atoms with Crippen LogP contribution in [-0.2, 0) is 19.3 Å². The molecule has 1 fully saturated rings. The molecule has 0 bridgehead atoms. The quantitative estimate of drug-likeness (QED) is 0.801. The van der Waals surface area contributed by atoms with Crippen LogP contribution in [0.3, 0.4) is 0 Å². The number of aryl methyl sites for hydroxylation is 3. The van der Waals surface area contributed by atoms with Gasteiger partial charge in [-0.2, -0.15) is 0 Å². The topological polar surface area (TPSA) is 20.2 Å². The van der Waals surface area contributed by atoms with Gasteiger partial charge in [-0.15, -0.1) is 0 Å². The van der Waals surface area contributed by atoms with E-state index in [0.29, 0.717) is 5.92 Å². The van der Waals surface area contributed by atoms with Crippen molar-refractivity contribution < 1.29 is 5.11 Å². The summed E-state index contributed by atoms with van der Waals surface area (Å²) in [5, 5.41) is 10.8. The molecule has 1 aliphatic rings. The number of rotatable bonds is 6. The molecule has 0 amide bonds. The molecule has 1 aromatic rings. The maximum absolute atomic E-state index is 10.8. The summed E-state index contributed by atoms with van der Waals surface area (Å²) in [5.41, 5.74) is 5.36. The number of hydrogen-bond donors (Lipinski definition) is 1. The molecule has 1 N–H and O–H groups in total. The molecule has 2 atom stereocenters. The molecular formula is C18H28O. The number of aliphatic hydroxyl groups excluding tert-OH is 1. The average Bonchev–Trinajstić information content (AvgIpc) is 3.28.